The summed E-state index contributed by atoms with van der Waals surface area (Å²) in [6, 6.07) is 4.87. The van der Waals surface area contributed by atoms with Crippen molar-refractivity contribution in [3.8, 4) is 17.2 Å². The lowest BCUT2D eigenvalue weighted by Crippen LogP contribution is -2.12. The van der Waals surface area contributed by atoms with Crippen LogP contribution in [0.1, 0.15) is 6.92 Å². The highest BCUT2D eigenvalue weighted by molar-refractivity contribution is 5.65. The highest BCUT2D eigenvalue weighted by Crippen LogP contribution is 2.37. The molecule has 9 heteroatoms. The molecule has 0 aliphatic heterocycles. The second-order valence-corrected chi connectivity index (χ2v) is 4.57. The molecule has 0 radical (unpaired) electrons. The zero-order chi connectivity index (χ0) is 18.3. The van der Waals surface area contributed by atoms with Crippen LogP contribution in [0.2, 0.25) is 0 Å². The van der Waals surface area contributed by atoms with Crippen LogP contribution in [0, 0.1) is 0 Å². The highest BCUT2D eigenvalue weighted by Gasteiger charge is 2.15. The number of hydrogen-bond donors (Lipinski definition) is 0. The Kier molecular flexibility index (Phi) is 11.1. The molecule has 0 saturated carbocycles. The second-order valence-electron chi connectivity index (χ2n) is 4.57. The van der Waals surface area contributed by atoms with Gasteiger partial charge in [-0.1, -0.05) is 6.07 Å². The van der Waals surface area contributed by atoms with E-state index in [2.05, 4.69) is 4.89 Å². The maximum absolute atomic E-state index is 10.9. The van der Waals surface area contributed by atoms with E-state index in [9.17, 15) is 4.79 Å². The van der Waals surface area contributed by atoms with Gasteiger partial charge in [0, 0.05) is 21.1 Å². The largest absolute Gasteiger partial charge is 0.463 e. The Morgan fingerprint density at radius 3 is 2.08 bits per heavy atom. The van der Waals surface area contributed by atoms with Crippen molar-refractivity contribution in [1.29, 1.82) is 0 Å². The minimum absolute atomic E-state index is 0.0126. The first kappa shape index (κ1) is 21.0. The van der Waals surface area contributed by atoms with Crippen molar-refractivity contribution in [3.05, 3.63) is 18.2 Å². The number of methoxy groups -OCH3 is 2. The standard InChI is InChI=1S/C16H24O9/c1-13(17)24-25-15-6-4-5-14(22-11-20-9-7-18-2)16(15)23-12-21-10-8-19-3/h4-6H,7-12H2,1-3H3. The van der Waals surface area contributed by atoms with Crippen molar-refractivity contribution in [2.24, 2.45) is 0 Å². The van der Waals surface area contributed by atoms with Gasteiger partial charge in [0.15, 0.2) is 19.3 Å². The molecule has 0 spiro atoms. The first-order valence-electron chi connectivity index (χ1n) is 7.56. The molecule has 25 heavy (non-hydrogen) atoms. The van der Waals surface area contributed by atoms with E-state index in [1.54, 1.807) is 32.4 Å². The van der Waals surface area contributed by atoms with Crippen LogP contribution in [0.25, 0.3) is 0 Å². The Bertz CT molecular complexity index is 492. The minimum atomic E-state index is -0.600. The summed E-state index contributed by atoms with van der Waals surface area (Å²) >= 11 is 0. The van der Waals surface area contributed by atoms with Crippen molar-refractivity contribution in [1.82, 2.24) is 0 Å². The molecule has 0 atom stereocenters. The highest BCUT2D eigenvalue weighted by atomic mass is 17.2. The Hall–Kier alpha value is -2.07. The predicted molar refractivity (Wildman–Crippen MR) is 85.5 cm³/mol. The molecule has 1 rings (SSSR count). The normalized spacial score (nSPS) is 10.4. The summed E-state index contributed by atoms with van der Waals surface area (Å²) < 4.78 is 31.3. The fourth-order valence-electron chi connectivity index (χ4n) is 1.53. The van der Waals surface area contributed by atoms with Gasteiger partial charge in [-0.2, -0.15) is 0 Å². The number of carbonyl (C=O) groups is 1. The molecule has 0 saturated heterocycles. The van der Waals surface area contributed by atoms with E-state index in [0.29, 0.717) is 32.2 Å². The average molecular weight is 360 g/mol. The maximum atomic E-state index is 10.9. The molecule has 0 aliphatic carbocycles. The van der Waals surface area contributed by atoms with Gasteiger partial charge in [0.2, 0.25) is 11.5 Å². The summed E-state index contributed by atoms with van der Waals surface area (Å²) in [5.41, 5.74) is 0. The van der Waals surface area contributed by atoms with E-state index in [4.69, 9.17) is 33.3 Å². The number of carbonyl (C=O) groups excluding carboxylic acids is 1. The maximum Gasteiger partial charge on any atom is 0.352 e. The van der Waals surface area contributed by atoms with E-state index >= 15 is 0 Å². The molecule has 1 aromatic rings. The van der Waals surface area contributed by atoms with Gasteiger partial charge < -0.3 is 28.4 Å². The molecule has 0 heterocycles. The van der Waals surface area contributed by atoms with Crippen LogP contribution in [0.3, 0.4) is 0 Å². The lowest BCUT2D eigenvalue weighted by Gasteiger charge is -2.15. The first-order chi connectivity index (χ1) is 12.2. The van der Waals surface area contributed by atoms with Crippen molar-refractivity contribution in [2.75, 3.05) is 54.2 Å². The van der Waals surface area contributed by atoms with Gasteiger partial charge in [-0.15, -0.1) is 0 Å². The molecule has 0 N–H and O–H groups in total. The number of rotatable bonds is 14. The Labute approximate surface area is 146 Å². The second kappa shape index (κ2) is 13.2. The minimum Gasteiger partial charge on any atom is -0.463 e. The van der Waals surface area contributed by atoms with Crippen molar-refractivity contribution >= 4 is 5.97 Å². The number of hydrogen-bond acceptors (Lipinski definition) is 9. The third kappa shape index (κ3) is 9.11. The topological polar surface area (TPSA) is 90.9 Å². The first-order valence-corrected chi connectivity index (χ1v) is 7.56. The van der Waals surface area contributed by atoms with Crippen LogP contribution in [0.5, 0.6) is 17.2 Å². The summed E-state index contributed by atoms with van der Waals surface area (Å²) in [5, 5.41) is 0. The zero-order valence-corrected chi connectivity index (χ0v) is 14.6. The van der Waals surface area contributed by atoms with Gasteiger partial charge in [-0.05, 0) is 12.1 Å². The van der Waals surface area contributed by atoms with E-state index in [0.717, 1.165) is 0 Å². The molecular formula is C16H24O9. The molecule has 142 valence electrons. The van der Waals surface area contributed by atoms with Gasteiger partial charge >= 0.3 is 5.97 Å². The fraction of sp³-hybridized carbons (Fsp3) is 0.562. The van der Waals surface area contributed by atoms with Gasteiger partial charge in [-0.25, -0.2) is 4.79 Å². The van der Waals surface area contributed by atoms with Crippen LogP contribution in [-0.2, 0) is 28.6 Å². The lowest BCUT2D eigenvalue weighted by molar-refractivity contribution is -0.211. The van der Waals surface area contributed by atoms with E-state index < -0.39 is 5.97 Å². The fourth-order valence-corrected chi connectivity index (χ4v) is 1.53. The quantitative estimate of drug-likeness (QED) is 0.212. The van der Waals surface area contributed by atoms with Crippen LogP contribution >= 0.6 is 0 Å². The molecule has 0 aliphatic rings. The van der Waals surface area contributed by atoms with Crippen LogP contribution in [-0.4, -0.2) is 60.2 Å². The Morgan fingerprint density at radius 1 is 0.880 bits per heavy atom. The lowest BCUT2D eigenvalue weighted by atomic mass is 10.3. The van der Waals surface area contributed by atoms with E-state index in [-0.39, 0.29) is 25.1 Å². The van der Waals surface area contributed by atoms with Gasteiger partial charge in [-0.3, -0.25) is 9.78 Å². The number of ether oxygens (including phenoxy) is 6. The molecule has 0 unspecified atom stereocenters. The van der Waals surface area contributed by atoms with Gasteiger partial charge in [0.25, 0.3) is 0 Å². The van der Waals surface area contributed by atoms with Crippen molar-refractivity contribution in [3.63, 3.8) is 0 Å². The zero-order valence-electron chi connectivity index (χ0n) is 14.6. The number of para-hydroxylation sites is 1. The van der Waals surface area contributed by atoms with E-state index in [1.165, 1.54) is 6.92 Å². The molecule has 0 amide bonds. The SMILES string of the molecule is COCCOCOc1cccc(OOC(C)=O)c1OCOCCOC. The average Bonchev–Trinajstić information content (AvgIpc) is 2.60. The monoisotopic (exact) mass is 360 g/mol. The molecule has 9 nitrogen and oxygen atoms in total. The summed E-state index contributed by atoms with van der Waals surface area (Å²) in [6.45, 7) is 2.78. The van der Waals surface area contributed by atoms with Crippen LogP contribution < -0.4 is 14.4 Å². The summed E-state index contributed by atoms with van der Waals surface area (Å²) in [6.07, 6.45) is 0. The van der Waals surface area contributed by atoms with E-state index in [1.807, 2.05) is 0 Å². The van der Waals surface area contributed by atoms with Crippen LogP contribution in [0.15, 0.2) is 18.2 Å². The summed E-state index contributed by atoms with van der Waals surface area (Å²) in [4.78, 5) is 20.4. The predicted octanol–water partition coefficient (Wildman–Crippen LogP) is 1.54. The smallest absolute Gasteiger partial charge is 0.352 e. The molecule has 0 fully saturated rings. The number of benzene rings is 1. The van der Waals surface area contributed by atoms with Gasteiger partial charge in [0.05, 0.1) is 26.4 Å². The van der Waals surface area contributed by atoms with Crippen LogP contribution in [0.4, 0.5) is 0 Å². The molecule has 0 bridgehead atoms. The van der Waals surface area contributed by atoms with Gasteiger partial charge in [0.1, 0.15) is 0 Å². The van der Waals surface area contributed by atoms with Crippen molar-refractivity contribution < 1.29 is 43.0 Å². The summed E-state index contributed by atoms with van der Waals surface area (Å²) in [7, 11) is 3.15. The Morgan fingerprint density at radius 2 is 1.48 bits per heavy atom. The molecular weight excluding hydrogens is 336 g/mol. The summed E-state index contributed by atoms with van der Waals surface area (Å²) in [5.74, 6) is 0.130. The molecule has 1 aromatic carbocycles. The Balaban J connectivity index is 2.67. The van der Waals surface area contributed by atoms with Crippen molar-refractivity contribution in [2.45, 2.75) is 6.92 Å². The molecule has 0 aromatic heterocycles. The third-order valence-corrected chi connectivity index (χ3v) is 2.64. The third-order valence-electron chi connectivity index (χ3n) is 2.64.